The van der Waals surface area contributed by atoms with Gasteiger partial charge in [-0.25, -0.2) is 4.57 Å². The third-order valence-corrected chi connectivity index (χ3v) is 4.07. The lowest BCUT2D eigenvalue weighted by Gasteiger charge is -1.93. The molecule has 4 aromatic rings. The van der Waals surface area contributed by atoms with Crippen molar-refractivity contribution in [1.29, 1.82) is 0 Å². The zero-order valence-corrected chi connectivity index (χ0v) is 10.9. The van der Waals surface area contributed by atoms with Crippen molar-refractivity contribution >= 4 is 22.2 Å². The van der Waals surface area contributed by atoms with Gasteiger partial charge in [0.05, 0.1) is 18.0 Å². The fourth-order valence-electron chi connectivity index (χ4n) is 3.20. The number of imidazole rings is 1. The summed E-state index contributed by atoms with van der Waals surface area (Å²) in [4.78, 5) is 8.47. The molecule has 0 saturated heterocycles. The van der Waals surface area contributed by atoms with Gasteiger partial charge in [0.2, 0.25) is 5.52 Å². The quantitative estimate of drug-likeness (QED) is 0.402. The zero-order valence-electron chi connectivity index (χ0n) is 10.9. The second kappa shape index (κ2) is 3.25. The Balaban J connectivity index is 1.99. The van der Waals surface area contributed by atoms with E-state index in [0.29, 0.717) is 0 Å². The van der Waals surface area contributed by atoms with Crippen LogP contribution in [0.15, 0.2) is 41.3 Å². The van der Waals surface area contributed by atoms with Crippen molar-refractivity contribution in [1.82, 2.24) is 14.5 Å². The molecule has 20 heavy (non-hydrogen) atoms. The van der Waals surface area contributed by atoms with Gasteiger partial charge in [0, 0.05) is 36.4 Å². The highest BCUT2D eigenvalue weighted by atomic mass is 16.3. The van der Waals surface area contributed by atoms with Gasteiger partial charge in [-0.3, -0.25) is 9.97 Å². The highest BCUT2D eigenvalue weighted by Gasteiger charge is 2.35. The number of hydrogen-bond acceptors (Lipinski definition) is 3. The van der Waals surface area contributed by atoms with Crippen LogP contribution >= 0.6 is 0 Å². The normalized spacial score (nSPS) is 13.1. The molecule has 1 aliphatic heterocycles. The number of pyridine rings is 2. The molecule has 0 amide bonds. The minimum absolute atomic E-state index is 0.855. The molecule has 0 unspecified atom stereocenters. The molecule has 0 saturated carbocycles. The van der Waals surface area contributed by atoms with Crippen LogP contribution in [0.5, 0.6) is 0 Å². The summed E-state index contributed by atoms with van der Waals surface area (Å²) in [5, 5.41) is 1.06. The van der Waals surface area contributed by atoms with Crippen LogP contribution in [0.2, 0.25) is 0 Å². The second-order valence-electron chi connectivity index (χ2n) is 5.13. The van der Waals surface area contributed by atoms with E-state index in [-0.39, 0.29) is 0 Å². The Bertz CT molecular complexity index is 996. The largest absolute Gasteiger partial charge is 0.419 e. The van der Waals surface area contributed by atoms with Gasteiger partial charge in [-0.2, -0.15) is 4.57 Å². The second-order valence-corrected chi connectivity index (χ2v) is 5.13. The Hall–Kier alpha value is -2.69. The molecule has 5 heterocycles. The van der Waals surface area contributed by atoms with Crippen LogP contribution in [-0.4, -0.2) is 14.5 Å². The van der Waals surface area contributed by atoms with Crippen LogP contribution in [0, 0.1) is 0 Å². The molecule has 0 aliphatic carbocycles. The summed E-state index contributed by atoms with van der Waals surface area (Å²) in [6.07, 6.45) is 7.40. The van der Waals surface area contributed by atoms with Crippen LogP contribution in [0.25, 0.3) is 33.6 Å². The van der Waals surface area contributed by atoms with E-state index in [2.05, 4.69) is 25.2 Å². The van der Waals surface area contributed by atoms with Crippen LogP contribution in [0.3, 0.4) is 0 Å². The number of furan rings is 1. The minimum atomic E-state index is 0.855. The summed E-state index contributed by atoms with van der Waals surface area (Å²) in [7, 11) is 2.03. The van der Waals surface area contributed by atoms with Crippen molar-refractivity contribution in [2.75, 3.05) is 0 Å². The lowest BCUT2D eigenvalue weighted by Crippen LogP contribution is -2.29. The lowest BCUT2D eigenvalue weighted by molar-refractivity contribution is -0.640. The number of aryl methyl sites for hydroxylation is 1. The fourth-order valence-corrected chi connectivity index (χ4v) is 3.20. The van der Waals surface area contributed by atoms with Crippen LogP contribution in [0.4, 0.5) is 0 Å². The molecule has 5 heteroatoms. The van der Waals surface area contributed by atoms with E-state index in [1.54, 1.807) is 6.20 Å². The van der Waals surface area contributed by atoms with E-state index in [0.717, 1.165) is 34.6 Å². The molecule has 1 aliphatic rings. The minimum Gasteiger partial charge on any atom is -0.419 e. The molecule has 5 rings (SSSR count). The summed E-state index contributed by atoms with van der Waals surface area (Å²) in [6.45, 7) is 0.855. The summed E-state index contributed by atoms with van der Waals surface area (Å²) in [5.74, 6) is 1.15. The van der Waals surface area contributed by atoms with E-state index in [9.17, 15) is 0 Å². The molecule has 0 fully saturated rings. The Morgan fingerprint density at radius 3 is 3.00 bits per heavy atom. The number of fused-ring (bicyclic) bond motifs is 7. The molecule has 0 spiro atoms. The molecule has 5 nitrogen and oxygen atoms in total. The first-order chi connectivity index (χ1) is 9.84. The summed E-state index contributed by atoms with van der Waals surface area (Å²) >= 11 is 0. The average Bonchev–Trinajstić information content (AvgIpc) is 3.10. The standard InChI is InChI=1S/C15H11N4O/c1-18-14-10-6-16-4-2-9(10)8-19(14)13-11-7-17-5-3-12(11)20-15(13)18/h2-7H,8H2,1H3/q+1. The van der Waals surface area contributed by atoms with Gasteiger partial charge in [0.1, 0.15) is 12.1 Å². The van der Waals surface area contributed by atoms with Gasteiger partial charge in [-0.15, -0.1) is 0 Å². The van der Waals surface area contributed by atoms with Crippen LogP contribution < -0.4 is 4.57 Å². The fraction of sp³-hybridized carbons (Fsp3) is 0.133. The van der Waals surface area contributed by atoms with Crippen LogP contribution in [0.1, 0.15) is 5.56 Å². The predicted molar refractivity (Wildman–Crippen MR) is 73.0 cm³/mol. The highest BCUT2D eigenvalue weighted by Crippen LogP contribution is 2.36. The molecule has 0 radical (unpaired) electrons. The molecular formula is C15H11N4O+. The highest BCUT2D eigenvalue weighted by molar-refractivity contribution is 6.01. The van der Waals surface area contributed by atoms with Crippen molar-refractivity contribution in [2.45, 2.75) is 6.54 Å². The SMILES string of the molecule is C[n+]1c2n(c3c4cnccc4oc31)Cc1ccncc1-2. The Kier molecular flexibility index (Phi) is 1.65. The first kappa shape index (κ1) is 10.1. The molecule has 96 valence electrons. The molecule has 0 bridgehead atoms. The van der Waals surface area contributed by atoms with E-state index >= 15 is 0 Å². The Morgan fingerprint density at radius 2 is 2.05 bits per heavy atom. The molecule has 4 aromatic heterocycles. The van der Waals surface area contributed by atoms with Crippen molar-refractivity contribution in [3.8, 4) is 11.4 Å². The van der Waals surface area contributed by atoms with Gasteiger partial charge < -0.3 is 4.42 Å². The van der Waals surface area contributed by atoms with Crippen molar-refractivity contribution in [2.24, 2.45) is 7.05 Å². The summed E-state index contributed by atoms with van der Waals surface area (Å²) in [6, 6.07) is 3.99. The van der Waals surface area contributed by atoms with Gasteiger partial charge in [-0.05, 0) is 6.07 Å². The average molecular weight is 263 g/mol. The van der Waals surface area contributed by atoms with Gasteiger partial charge >= 0.3 is 5.71 Å². The van der Waals surface area contributed by atoms with Crippen molar-refractivity contribution in [3.63, 3.8) is 0 Å². The zero-order chi connectivity index (χ0) is 13.3. The Morgan fingerprint density at radius 1 is 1.20 bits per heavy atom. The first-order valence-corrected chi connectivity index (χ1v) is 6.52. The Labute approximate surface area is 114 Å². The number of aromatic nitrogens is 4. The van der Waals surface area contributed by atoms with Crippen molar-refractivity contribution < 1.29 is 8.98 Å². The summed E-state index contributed by atoms with van der Waals surface area (Å²) in [5.41, 5.74) is 5.36. The smallest absolute Gasteiger partial charge is 0.339 e. The van der Waals surface area contributed by atoms with Gasteiger partial charge in [0.15, 0.2) is 0 Å². The van der Waals surface area contributed by atoms with E-state index in [1.807, 2.05) is 31.7 Å². The van der Waals surface area contributed by atoms with Crippen molar-refractivity contribution in [3.05, 3.63) is 42.5 Å². The molecular weight excluding hydrogens is 252 g/mol. The van der Waals surface area contributed by atoms with Gasteiger partial charge in [-0.1, -0.05) is 0 Å². The monoisotopic (exact) mass is 263 g/mol. The lowest BCUT2D eigenvalue weighted by atomic mass is 10.2. The molecule has 0 aromatic carbocycles. The number of hydrogen-bond donors (Lipinski definition) is 0. The third kappa shape index (κ3) is 1.02. The predicted octanol–water partition coefficient (Wildman–Crippen LogP) is 2.03. The van der Waals surface area contributed by atoms with Gasteiger partial charge in [0.25, 0.3) is 5.82 Å². The number of rotatable bonds is 0. The molecule has 0 N–H and O–H groups in total. The van der Waals surface area contributed by atoms with E-state index in [1.165, 1.54) is 11.1 Å². The van der Waals surface area contributed by atoms with E-state index in [4.69, 9.17) is 4.42 Å². The molecule has 0 atom stereocenters. The first-order valence-electron chi connectivity index (χ1n) is 6.52. The maximum absolute atomic E-state index is 5.98. The maximum atomic E-state index is 5.98. The van der Waals surface area contributed by atoms with E-state index < -0.39 is 0 Å². The van der Waals surface area contributed by atoms with Crippen LogP contribution in [-0.2, 0) is 13.6 Å². The maximum Gasteiger partial charge on any atom is 0.339 e. The number of nitrogens with zero attached hydrogens (tertiary/aromatic N) is 4. The third-order valence-electron chi connectivity index (χ3n) is 4.07. The summed E-state index contributed by atoms with van der Waals surface area (Å²) < 4.78 is 10.4. The topological polar surface area (TPSA) is 47.7 Å².